The maximum Gasteiger partial charge on any atom is 0.296 e. The first-order valence-corrected chi connectivity index (χ1v) is 11.6. The second-order valence-electron chi connectivity index (χ2n) is 8.96. The van der Waals surface area contributed by atoms with E-state index in [0.29, 0.717) is 31.7 Å². The number of Topliss-reactive ketones (excluding diaryl/α,β-unsaturated/α-hetero) is 1. The molecule has 1 aliphatic rings. The van der Waals surface area contributed by atoms with Crippen molar-refractivity contribution in [2.75, 3.05) is 47.4 Å². The molecule has 1 saturated heterocycles. The second-order valence-corrected chi connectivity index (χ2v) is 8.96. The molecule has 0 radical (unpaired) electrons. The molecular weight excluding hydrogens is 467 g/mol. The van der Waals surface area contributed by atoms with Crippen molar-refractivity contribution in [3.8, 4) is 5.75 Å². The Bertz CT molecular complexity index is 1300. The minimum absolute atomic E-state index is 0.0661. The first kappa shape index (κ1) is 25.2. The Morgan fingerprint density at radius 2 is 1.78 bits per heavy atom. The molecule has 190 valence electrons. The predicted octanol–water partition coefficient (Wildman–Crippen LogP) is 1.73. The number of ether oxygens (including phenoxy) is 1. The maximum absolute atomic E-state index is 13.5. The number of rotatable bonds is 6. The van der Waals surface area contributed by atoms with Crippen LogP contribution in [0.15, 0.2) is 30.3 Å². The van der Waals surface area contributed by atoms with Crippen LogP contribution in [-0.4, -0.2) is 94.4 Å². The SMILES string of the molecule is COc1cc2c(nc1C(=O)N1CCCN(Cc3ccc(F)cc3)CC1)c(C(=O)C(=O)N(C)C)nn2C. The van der Waals surface area contributed by atoms with Gasteiger partial charge < -0.3 is 14.5 Å². The van der Waals surface area contributed by atoms with Gasteiger partial charge >= 0.3 is 0 Å². The molecule has 10 nitrogen and oxygen atoms in total. The number of aromatic nitrogens is 3. The van der Waals surface area contributed by atoms with Gasteiger partial charge in [-0.1, -0.05) is 12.1 Å². The van der Waals surface area contributed by atoms with Crippen molar-refractivity contribution >= 4 is 28.6 Å². The largest absolute Gasteiger partial charge is 0.494 e. The zero-order valence-corrected chi connectivity index (χ0v) is 20.8. The lowest BCUT2D eigenvalue weighted by Crippen LogP contribution is -2.35. The third-order valence-corrected chi connectivity index (χ3v) is 6.22. The topological polar surface area (TPSA) is 101 Å². The number of hydrogen-bond acceptors (Lipinski definition) is 7. The Labute approximate surface area is 208 Å². The Morgan fingerprint density at radius 3 is 2.44 bits per heavy atom. The van der Waals surface area contributed by atoms with E-state index in [0.717, 1.165) is 18.5 Å². The quantitative estimate of drug-likeness (QED) is 0.379. The third-order valence-electron chi connectivity index (χ3n) is 6.22. The molecule has 1 aromatic carbocycles. The number of fused-ring (bicyclic) bond motifs is 1. The van der Waals surface area contributed by atoms with Crippen LogP contribution in [0.3, 0.4) is 0 Å². The van der Waals surface area contributed by atoms with Crippen molar-refractivity contribution in [2.24, 2.45) is 7.05 Å². The van der Waals surface area contributed by atoms with Crippen molar-refractivity contribution in [3.63, 3.8) is 0 Å². The highest BCUT2D eigenvalue weighted by Crippen LogP contribution is 2.27. The molecule has 0 saturated carbocycles. The summed E-state index contributed by atoms with van der Waals surface area (Å²) in [6.07, 6.45) is 0.755. The van der Waals surface area contributed by atoms with E-state index >= 15 is 0 Å². The van der Waals surface area contributed by atoms with Gasteiger partial charge in [0.1, 0.15) is 11.3 Å². The molecule has 4 rings (SSSR count). The molecule has 1 fully saturated rings. The fourth-order valence-corrected chi connectivity index (χ4v) is 4.25. The summed E-state index contributed by atoms with van der Waals surface area (Å²) < 4.78 is 20.1. The number of ketones is 1. The summed E-state index contributed by atoms with van der Waals surface area (Å²) in [5.41, 5.74) is 1.61. The van der Waals surface area contributed by atoms with Gasteiger partial charge in [0.15, 0.2) is 17.1 Å². The number of methoxy groups -OCH3 is 1. The number of aryl methyl sites for hydroxylation is 1. The number of pyridine rings is 1. The van der Waals surface area contributed by atoms with Gasteiger partial charge in [0.2, 0.25) is 0 Å². The highest BCUT2D eigenvalue weighted by molar-refractivity contribution is 6.44. The standard InChI is InChI=1S/C25H29FN6O4/c1-29(2)25(35)23(33)22-20-18(30(3)28-22)14-19(36-4)21(27-20)24(34)32-11-5-10-31(12-13-32)15-16-6-8-17(26)9-7-16/h6-9,14H,5,10-13,15H2,1-4H3. The average Bonchev–Trinajstić information content (AvgIpc) is 3.02. The number of carbonyl (C=O) groups excluding carboxylic acids is 3. The van der Waals surface area contributed by atoms with Crippen LogP contribution < -0.4 is 4.74 Å². The number of halogens is 1. The Balaban J connectivity index is 1.59. The van der Waals surface area contributed by atoms with Gasteiger partial charge in [0.25, 0.3) is 17.6 Å². The lowest BCUT2D eigenvalue weighted by atomic mass is 10.2. The molecule has 0 spiro atoms. The summed E-state index contributed by atoms with van der Waals surface area (Å²) in [5, 5.41) is 4.20. The Hall–Kier alpha value is -3.86. The van der Waals surface area contributed by atoms with Crippen molar-refractivity contribution in [3.05, 3.63) is 53.1 Å². The van der Waals surface area contributed by atoms with Gasteiger partial charge in [-0.25, -0.2) is 9.37 Å². The van der Waals surface area contributed by atoms with Gasteiger partial charge in [-0.2, -0.15) is 5.10 Å². The average molecular weight is 497 g/mol. The second kappa shape index (κ2) is 10.4. The van der Waals surface area contributed by atoms with Crippen molar-refractivity contribution in [1.29, 1.82) is 0 Å². The van der Waals surface area contributed by atoms with Gasteiger partial charge in [-0.15, -0.1) is 0 Å². The van der Waals surface area contributed by atoms with Crippen LogP contribution in [0.1, 0.15) is 33.0 Å². The molecule has 0 aliphatic carbocycles. The molecule has 2 amide bonds. The van der Waals surface area contributed by atoms with E-state index in [4.69, 9.17) is 4.74 Å². The van der Waals surface area contributed by atoms with E-state index in [1.165, 1.54) is 42.9 Å². The molecule has 0 N–H and O–H groups in total. The van der Waals surface area contributed by atoms with E-state index in [2.05, 4.69) is 15.0 Å². The number of amides is 2. The molecule has 3 heterocycles. The first-order valence-electron chi connectivity index (χ1n) is 11.6. The van der Waals surface area contributed by atoms with Crippen molar-refractivity contribution in [1.82, 2.24) is 29.5 Å². The van der Waals surface area contributed by atoms with E-state index in [1.807, 2.05) is 0 Å². The summed E-state index contributed by atoms with van der Waals surface area (Å²) in [7, 11) is 6.04. The number of likely N-dealkylation sites (N-methyl/N-ethyl adjacent to an activating group) is 1. The fraction of sp³-hybridized carbons (Fsp3) is 0.400. The molecule has 0 bridgehead atoms. The van der Waals surface area contributed by atoms with E-state index in [-0.39, 0.29) is 34.4 Å². The number of carbonyl (C=O) groups is 3. The van der Waals surface area contributed by atoms with Crippen LogP contribution in [0.25, 0.3) is 11.0 Å². The fourth-order valence-electron chi connectivity index (χ4n) is 4.25. The zero-order chi connectivity index (χ0) is 26.0. The minimum atomic E-state index is -0.798. The Kier molecular flexibility index (Phi) is 7.30. The minimum Gasteiger partial charge on any atom is -0.494 e. The predicted molar refractivity (Wildman–Crippen MR) is 130 cm³/mol. The Morgan fingerprint density at radius 1 is 1.06 bits per heavy atom. The monoisotopic (exact) mass is 496 g/mol. The summed E-state index contributed by atoms with van der Waals surface area (Å²) in [6.45, 7) is 3.09. The van der Waals surface area contributed by atoms with Gasteiger partial charge in [-0.3, -0.25) is 24.0 Å². The van der Waals surface area contributed by atoms with Crippen LogP contribution >= 0.6 is 0 Å². The van der Waals surface area contributed by atoms with Crippen LogP contribution in [0.5, 0.6) is 5.75 Å². The summed E-state index contributed by atoms with van der Waals surface area (Å²) in [4.78, 5) is 48.2. The first-order chi connectivity index (χ1) is 17.2. The van der Waals surface area contributed by atoms with Crippen LogP contribution in [-0.2, 0) is 18.4 Å². The molecule has 3 aromatic rings. The summed E-state index contributed by atoms with van der Waals surface area (Å²) in [6, 6.07) is 8.03. The molecule has 1 aliphatic heterocycles. The summed E-state index contributed by atoms with van der Waals surface area (Å²) in [5.74, 6) is -1.85. The van der Waals surface area contributed by atoms with Crippen molar-refractivity contribution in [2.45, 2.75) is 13.0 Å². The van der Waals surface area contributed by atoms with Gasteiger partial charge in [0, 0.05) is 59.9 Å². The molecule has 11 heteroatoms. The van der Waals surface area contributed by atoms with E-state index in [9.17, 15) is 18.8 Å². The molecular formula is C25H29FN6O4. The maximum atomic E-state index is 13.5. The molecule has 0 unspecified atom stereocenters. The van der Waals surface area contributed by atoms with Crippen molar-refractivity contribution < 1.29 is 23.5 Å². The van der Waals surface area contributed by atoms with Gasteiger partial charge in [-0.05, 0) is 24.1 Å². The highest BCUT2D eigenvalue weighted by atomic mass is 19.1. The normalized spacial score (nSPS) is 14.5. The van der Waals surface area contributed by atoms with Crippen LogP contribution in [0.4, 0.5) is 4.39 Å². The van der Waals surface area contributed by atoms with E-state index < -0.39 is 11.7 Å². The van der Waals surface area contributed by atoms with Crippen LogP contribution in [0.2, 0.25) is 0 Å². The highest BCUT2D eigenvalue weighted by Gasteiger charge is 2.29. The number of hydrogen-bond donors (Lipinski definition) is 0. The van der Waals surface area contributed by atoms with E-state index in [1.54, 1.807) is 30.1 Å². The third kappa shape index (κ3) is 5.06. The smallest absolute Gasteiger partial charge is 0.296 e. The zero-order valence-electron chi connectivity index (χ0n) is 20.8. The summed E-state index contributed by atoms with van der Waals surface area (Å²) >= 11 is 0. The lowest BCUT2D eigenvalue weighted by Gasteiger charge is -2.22. The number of nitrogens with zero attached hydrogens (tertiary/aromatic N) is 6. The molecule has 2 aromatic heterocycles. The van der Waals surface area contributed by atoms with Crippen LogP contribution in [0, 0.1) is 5.82 Å². The number of benzene rings is 1. The lowest BCUT2D eigenvalue weighted by molar-refractivity contribution is -0.124. The van der Waals surface area contributed by atoms with Gasteiger partial charge in [0.05, 0.1) is 12.6 Å². The molecule has 36 heavy (non-hydrogen) atoms. The molecule has 0 atom stereocenters.